The second-order valence-corrected chi connectivity index (χ2v) is 10.1. The highest BCUT2D eigenvalue weighted by atomic mass is 16.5. The van der Waals surface area contributed by atoms with Crippen LogP contribution in [0.4, 0.5) is 0 Å². The monoisotopic (exact) mass is 549 g/mol. The summed E-state index contributed by atoms with van der Waals surface area (Å²) < 4.78 is 23.6. The largest absolute Gasteiger partial charge is 0.493 e. The van der Waals surface area contributed by atoms with Gasteiger partial charge in [-0.15, -0.1) is 10.2 Å². The molecule has 0 radical (unpaired) electrons. The molecule has 3 heterocycles. The minimum absolute atomic E-state index is 0.0534. The van der Waals surface area contributed by atoms with E-state index in [1.807, 2.05) is 31.2 Å². The van der Waals surface area contributed by atoms with Gasteiger partial charge in [-0.2, -0.15) is 0 Å². The number of carbonyl (C=O) groups is 2. The molecular weight excluding hydrogens is 514 g/mol. The van der Waals surface area contributed by atoms with Gasteiger partial charge >= 0.3 is 0 Å². The first kappa shape index (κ1) is 27.6. The number of aryl methyl sites for hydroxylation is 1. The highest BCUT2D eigenvalue weighted by Gasteiger charge is 2.33. The predicted molar refractivity (Wildman–Crippen MR) is 145 cm³/mol. The van der Waals surface area contributed by atoms with Crippen molar-refractivity contribution in [2.24, 2.45) is 0 Å². The molecule has 11 nitrogen and oxygen atoms in total. The maximum Gasteiger partial charge on any atom is 0.254 e. The first-order chi connectivity index (χ1) is 19.4. The molecular formula is C29H35N5O6. The maximum absolute atomic E-state index is 13.5. The molecule has 3 aromatic rings. The average molecular weight is 550 g/mol. The van der Waals surface area contributed by atoms with Crippen LogP contribution in [0.5, 0.6) is 17.2 Å². The summed E-state index contributed by atoms with van der Waals surface area (Å²) in [7, 11) is 1.55. The normalized spacial score (nSPS) is 20.4. The number of hydrogen-bond acceptors (Lipinski definition) is 9. The van der Waals surface area contributed by atoms with Gasteiger partial charge < -0.3 is 28.8 Å². The standard InChI is InChI=1S/C29H35N5O6/c1-4-11-34-16-27(35)30-23-10-12-33(17-28-32-31-19(2)39-28)15-26(23)38-18-20-6-5-7-22(13-20)40-25-14-21(29(34)36)8-9-24(25)37-3/h5-9,13-14,23,26H,4,10-12,15-18H2,1-3H3,(H,30,35)/t23-,26-/m0/s1. The Morgan fingerprint density at radius 1 is 1.15 bits per heavy atom. The van der Waals surface area contributed by atoms with E-state index >= 15 is 0 Å². The summed E-state index contributed by atoms with van der Waals surface area (Å²) >= 11 is 0. The van der Waals surface area contributed by atoms with Crippen LogP contribution in [0.15, 0.2) is 46.9 Å². The number of rotatable bonds is 5. The molecule has 0 aliphatic carbocycles. The number of carbonyl (C=O) groups excluding carboxylic acids is 2. The van der Waals surface area contributed by atoms with Crippen molar-refractivity contribution >= 4 is 11.8 Å². The third-order valence-electron chi connectivity index (χ3n) is 7.03. The number of nitrogens with zero attached hydrogens (tertiary/aromatic N) is 4. The topological polar surface area (TPSA) is 119 Å². The average Bonchev–Trinajstić information content (AvgIpc) is 3.36. The van der Waals surface area contributed by atoms with Crippen molar-refractivity contribution in [1.82, 2.24) is 25.3 Å². The summed E-state index contributed by atoms with van der Waals surface area (Å²) in [6.45, 7) is 6.26. The van der Waals surface area contributed by atoms with Crippen LogP contribution in [0.25, 0.3) is 0 Å². The summed E-state index contributed by atoms with van der Waals surface area (Å²) in [6, 6.07) is 12.5. The van der Waals surface area contributed by atoms with E-state index in [4.69, 9.17) is 18.6 Å². The summed E-state index contributed by atoms with van der Waals surface area (Å²) in [5.74, 6) is 2.12. The van der Waals surface area contributed by atoms with Crippen LogP contribution in [-0.2, 0) is 22.7 Å². The Bertz CT molecular complexity index is 1340. The van der Waals surface area contributed by atoms with Crippen LogP contribution in [0.1, 0.15) is 47.5 Å². The van der Waals surface area contributed by atoms with Crippen molar-refractivity contribution < 1.29 is 28.2 Å². The van der Waals surface area contributed by atoms with Crippen LogP contribution in [-0.4, -0.2) is 77.2 Å². The molecule has 40 heavy (non-hydrogen) atoms. The third kappa shape index (κ3) is 6.60. The fraction of sp³-hybridized carbons (Fsp3) is 0.448. The molecule has 1 fully saturated rings. The number of amides is 2. The van der Waals surface area contributed by atoms with E-state index in [1.165, 1.54) is 0 Å². The van der Waals surface area contributed by atoms with E-state index in [9.17, 15) is 9.59 Å². The van der Waals surface area contributed by atoms with E-state index in [0.29, 0.717) is 73.7 Å². The predicted octanol–water partition coefficient (Wildman–Crippen LogP) is 3.32. The van der Waals surface area contributed by atoms with Crippen LogP contribution in [0.2, 0.25) is 0 Å². The second-order valence-electron chi connectivity index (χ2n) is 10.1. The zero-order valence-corrected chi connectivity index (χ0v) is 23.1. The summed E-state index contributed by atoms with van der Waals surface area (Å²) in [4.78, 5) is 30.5. The molecule has 0 spiro atoms. The Kier molecular flexibility index (Phi) is 8.61. The minimum Gasteiger partial charge on any atom is -0.493 e. The van der Waals surface area contributed by atoms with Gasteiger partial charge in [-0.25, -0.2) is 0 Å². The molecule has 2 atom stereocenters. The molecule has 212 valence electrons. The molecule has 1 aromatic heterocycles. The Morgan fingerprint density at radius 2 is 2.02 bits per heavy atom. The van der Waals surface area contributed by atoms with Crippen molar-refractivity contribution in [3.05, 3.63) is 65.4 Å². The van der Waals surface area contributed by atoms with E-state index in [1.54, 1.807) is 37.1 Å². The number of piperidine rings is 1. The summed E-state index contributed by atoms with van der Waals surface area (Å²) in [6.07, 6.45) is 1.10. The number of hydrogen-bond donors (Lipinski definition) is 1. The van der Waals surface area contributed by atoms with Gasteiger partial charge in [0.1, 0.15) is 5.75 Å². The lowest BCUT2D eigenvalue weighted by Crippen LogP contribution is -2.56. The number of ether oxygens (including phenoxy) is 3. The number of aromatic nitrogens is 2. The molecule has 4 bridgehead atoms. The zero-order valence-electron chi connectivity index (χ0n) is 23.1. The summed E-state index contributed by atoms with van der Waals surface area (Å²) in [5, 5.41) is 11.2. The second kappa shape index (κ2) is 12.5. The van der Waals surface area contributed by atoms with Gasteiger partial charge in [-0.3, -0.25) is 14.5 Å². The van der Waals surface area contributed by atoms with E-state index < -0.39 is 0 Å². The Balaban J connectivity index is 1.43. The summed E-state index contributed by atoms with van der Waals surface area (Å²) in [5.41, 5.74) is 1.34. The molecule has 2 aliphatic rings. The van der Waals surface area contributed by atoms with Gasteiger partial charge in [0, 0.05) is 32.1 Å². The van der Waals surface area contributed by atoms with Gasteiger partial charge in [-0.1, -0.05) is 19.1 Å². The Labute approximate surface area is 233 Å². The fourth-order valence-electron chi connectivity index (χ4n) is 5.10. The molecule has 2 aromatic carbocycles. The van der Waals surface area contributed by atoms with Crippen molar-refractivity contribution in [3.8, 4) is 17.2 Å². The molecule has 2 aliphatic heterocycles. The van der Waals surface area contributed by atoms with E-state index in [2.05, 4.69) is 20.4 Å². The van der Waals surface area contributed by atoms with Gasteiger partial charge in [0.25, 0.3) is 5.91 Å². The van der Waals surface area contributed by atoms with Crippen LogP contribution in [0.3, 0.4) is 0 Å². The lowest BCUT2D eigenvalue weighted by Gasteiger charge is -2.38. The Hall–Kier alpha value is -3.96. The molecule has 1 saturated heterocycles. The first-order valence-electron chi connectivity index (χ1n) is 13.6. The third-order valence-corrected chi connectivity index (χ3v) is 7.03. The lowest BCUT2D eigenvalue weighted by molar-refractivity contribution is -0.125. The first-order valence-corrected chi connectivity index (χ1v) is 13.6. The van der Waals surface area contributed by atoms with Crippen molar-refractivity contribution in [2.45, 2.75) is 52.0 Å². The highest BCUT2D eigenvalue weighted by Crippen LogP contribution is 2.33. The molecule has 0 saturated carbocycles. The van der Waals surface area contributed by atoms with Gasteiger partial charge in [-0.05, 0) is 48.7 Å². The van der Waals surface area contributed by atoms with Gasteiger partial charge in [0.15, 0.2) is 11.5 Å². The van der Waals surface area contributed by atoms with Crippen molar-refractivity contribution in [1.29, 1.82) is 0 Å². The van der Waals surface area contributed by atoms with E-state index in [-0.39, 0.29) is 30.5 Å². The SMILES string of the molecule is CCCN1CC(=O)N[C@H]2CCN(Cc3nnc(C)o3)C[C@@H]2OCc2cccc(c2)Oc2cc(ccc2OC)C1=O. The van der Waals surface area contributed by atoms with Gasteiger partial charge in [0.05, 0.1) is 39.0 Å². The molecule has 11 heteroatoms. The molecule has 5 rings (SSSR count). The van der Waals surface area contributed by atoms with Crippen LogP contribution < -0.4 is 14.8 Å². The number of nitrogens with one attached hydrogen (secondary N) is 1. The van der Waals surface area contributed by atoms with Gasteiger partial charge in [0.2, 0.25) is 17.7 Å². The minimum atomic E-state index is -0.289. The quantitative estimate of drug-likeness (QED) is 0.511. The van der Waals surface area contributed by atoms with Crippen molar-refractivity contribution in [2.75, 3.05) is 33.3 Å². The Morgan fingerprint density at radius 3 is 2.80 bits per heavy atom. The van der Waals surface area contributed by atoms with Crippen molar-refractivity contribution in [3.63, 3.8) is 0 Å². The molecule has 2 amide bonds. The highest BCUT2D eigenvalue weighted by molar-refractivity contribution is 5.97. The molecule has 1 N–H and O–H groups in total. The zero-order chi connectivity index (χ0) is 28.1. The van der Waals surface area contributed by atoms with Crippen LogP contribution in [0, 0.1) is 6.92 Å². The smallest absolute Gasteiger partial charge is 0.254 e. The number of benzene rings is 2. The molecule has 0 unspecified atom stereocenters. The van der Waals surface area contributed by atoms with Crippen LogP contribution >= 0.6 is 0 Å². The lowest BCUT2D eigenvalue weighted by atomic mass is 10.0. The maximum atomic E-state index is 13.5. The fourth-order valence-corrected chi connectivity index (χ4v) is 5.10. The number of methoxy groups -OCH3 is 1. The number of likely N-dealkylation sites (tertiary alicyclic amines) is 1. The number of fused-ring (bicyclic) bond motifs is 5. The van der Waals surface area contributed by atoms with E-state index in [0.717, 1.165) is 12.1 Å².